The Morgan fingerprint density at radius 2 is 1.76 bits per heavy atom. The van der Waals surface area contributed by atoms with E-state index in [9.17, 15) is 19.5 Å². The number of benzene rings is 3. The standard InChI is InChI=1S/C28H23NO8/c30-26(29-22(28(32)33)12-17-4-2-1-3-5-17)16-36-19-7-8-20-24(14-19)37-15-21(27(20)31)18-6-9-23-25(13-18)35-11-10-34-23/h1-9,13-15,22H,10-12,16H2,(H,29,30)(H,32,33)/t22-/m0/s1. The monoisotopic (exact) mass is 501 g/mol. The third kappa shape index (κ3) is 5.40. The molecule has 2 heterocycles. The first-order valence-electron chi connectivity index (χ1n) is 11.6. The summed E-state index contributed by atoms with van der Waals surface area (Å²) in [4.78, 5) is 37.0. The number of carboxylic acid groups (broad SMARTS) is 1. The molecule has 5 rings (SSSR count). The topological polar surface area (TPSA) is 124 Å². The molecule has 0 aliphatic carbocycles. The zero-order valence-corrected chi connectivity index (χ0v) is 19.6. The Bertz CT molecular complexity index is 1510. The molecule has 0 radical (unpaired) electrons. The van der Waals surface area contributed by atoms with Crippen LogP contribution in [0.5, 0.6) is 17.2 Å². The molecule has 37 heavy (non-hydrogen) atoms. The van der Waals surface area contributed by atoms with Gasteiger partial charge in [0.15, 0.2) is 23.5 Å². The first kappa shape index (κ1) is 23.9. The van der Waals surface area contributed by atoms with Crippen LogP contribution in [0.25, 0.3) is 22.1 Å². The Labute approximate surface area is 211 Å². The number of ether oxygens (including phenoxy) is 3. The Balaban J connectivity index is 1.27. The van der Waals surface area contributed by atoms with Gasteiger partial charge in [-0.2, -0.15) is 0 Å². The van der Waals surface area contributed by atoms with Crippen LogP contribution in [-0.4, -0.2) is 42.8 Å². The zero-order chi connectivity index (χ0) is 25.8. The highest BCUT2D eigenvalue weighted by Gasteiger charge is 2.21. The Morgan fingerprint density at radius 3 is 2.54 bits per heavy atom. The Kier molecular flexibility index (Phi) is 6.76. The van der Waals surface area contributed by atoms with Crippen LogP contribution in [0.15, 0.2) is 82.2 Å². The maximum Gasteiger partial charge on any atom is 0.326 e. The molecular formula is C28H23NO8. The highest BCUT2D eigenvalue weighted by molar-refractivity contribution is 5.85. The fourth-order valence-corrected chi connectivity index (χ4v) is 4.04. The minimum Gasteiger partial charge on any atom is -0.486 e. The fourth-order valence-electron chi connectivity index (χ4n) is 4.04. The third-order valence-electron chi connectivity index (χ3n) is 5.89. The number of amides is 1. The van der Waals surface area contributed by atoms with E-state index in [4.69, 9.17) is 18.6 Å². The molecule has 0 spiro atoms. The van der Waals surface area contributed by atoms with Gasteiger partial charge in [-0.1, -0.05) is 36.4 Å². The molecule has 1 amide bonds. The summed E-state index contributed by atoms with van der Waals surface area (Å²) in [6.07, 6.45) is 1.52. The van der Waals surface area contributed by atoms with E-state index in [0.717, 1.165) is 5.56 Å². The van der Waals surface area contributed by atoms with E-state index in [-0.39, 0.29) is 17.4 Å². The second-order valence-electron chi connectivity index (χ2n) is 8.43. The molecule has 1 aliphatic heterocycles. The predicted molar refractivity (Wildman–Crippen MR) is 134 cm³/mol. The van der Waals surface area contributed by atoms with Crippen molar-refractivity contribution in [3.63, 3.8) is 0 Å². The summed E-state index contributed by atoms with van der Waals surface area (Å²) >= 11 is 0. The molecular weight excluding hydrogens is 478 g/mol. The molecule has 2 N–H and O–H groups in total. The van der Waals surface area contributed by atoms with E-state index in [1.54, 1.807) is 54.6 Å². The summed E-state index contributed by atoms with van der Waals surface area (Å²) in [5, 5.41) is 12.3. The number of carbonyl (C=O) groups is 2. The van der Waals surface area contributed by atoms with Crippen LogP contribution in [0.1, 0.15) is 5.56 Å². The van der Waals surface area contributed by atoms with Gasteiger partial charge in [-0.25, -0.2) is 4.79 Å². The van der Waals surface area contributed by atoms with Crippen molar-refractivity contribution in [2.24, 2.45) is 0 Å². The lowest BCUT2D eigenvalue weighted by Gasteiger charge is -2.18. The van der Waals surface area contributed by atoms with Crippen LogP contribution >= 0.6 is 0 Å². The average molecular weight is 501 g/mol. The maximum atomic E-state index is 13.1. The summed E-state index contributed by atoms with van der Waals surface area (Å²) in [6.45, 7) is 0.515. The number of nitrogens with one attached hydrogen (secondary N) is 1. The van der Waals surface area contributed by atoms with E-state index < -0.39 is 24.5 Å². The van der Waals surface area contributed by atoms with E-state index in [1.165, 1.54) is 12.3 Å². The second-order valence-corrected chi connectivity index (χ2v) is 8.43. The SMILES string of the molecule is O=C(COc1ccc2c(=O)c(-c3ccc4c(c3)OCCO4)coc2c1)N[C@@H](Cc1ccccc1)C(=O)O. The van der Waals surface area contributed by atoms with Gasteiger partial charge < -0.3 is 29.1 Å². The number of hydrogen-bond donors (Lipinski definition) is 2. The molecule has 0 saturated carbocycles. The van der Waals surface area contributed by atoms with Crippen molar-refractivity contribution >= 4 is 22.8 Å². The van der Waals surface area contributed by atoms with Crippen LogP contribution in [0.4, 0.5) is 0 Å². The quantitative estimate of drug-likeness (QED) is 0.376. The lowest BCUT2D eigenvalue weighted by molar-refractivity contribution is -0.142. The van der Waals surface area contributed by atoms with Gasteiger partial charge in [0.05, 0.1) is 10.9 Å². The lowest BCUT2D eigenvalue weighted by atomic mass is 10.0. The molecule has 1 atom stereocenters. The zero-order valence-electron chi connectivity index (χ0n) is 19.6. The highest BCUT2D eigenvalue weighted by atomic mass is 16.6. The van der Waals surface area contributed by atoms with Gasteiger partial charge in [-0.15, -0.1) is 0 Å². The molecule has 0 fully saturated rings. The third-order valence-corrected chi connectivity index (χ3v) is 5.89. The van der Waals surface area contributed by atoms with Crippen LogP contribution in [0.2, 0.25) is 0 Å². The second kappa shape index (κ2) is 10.4. The van der Waals surface area contributed by atoms with E-state index in [2.05, 4.69) is 5.32 Å². The van der Waals surface area contributed by atoms with E-state index >= 15 is 0 Å². The summed E-state index contributed by atoms with van der Waals surface area (Å²) in [5.74, 6) is -0.231. The highest BCUT2D eigenvalue weighted by Crippen LogP contribution is 2.34. The summed E-state index contributed by atoms with van der Waals surface area (Å²) in [5.41, 5.74) is 1.86. The fraction of sp³-hybridized carbons (Fsp3) is 0.179. The smallest absolute Gasteiger partial charge is 0.326 e. The van der Waals surface area contributed by atoms with Gasteiger partial charge in [-0.05, 0) is 35.4 Å². The van der Waals surface area contributed by atoms with Crippen LogP contribution in [0.3, 0.4) is 0 Å². The number of aliphatic carboxylic acids is 1. The van der Waals surface area contributed by atoms with Crippen LogP contribution in [0, 0.1) is 0 Å². The van der Waals surface area contributed by atoms with Gasteiger partial charge in [0.1, 0.15) is 36.9 Å². The van der Waals surface area contributed by atoms with E-state index in [0.29, 0.717) is 47.0 Å². The van der Waals surface area contributed by atoms with Crippen LogP contribution in [-0.2, 0) is 16.0 Å². The average Bonchev–Trinajstić information content (AvgIpc) is 2.92. The molecule has 188 valence electrons. The Morgan fingerprint density at radius 1 is 0.973 bits per heavy atom. The minimum absolute atomic E-state index is 0.148. The molecule has 3 aromatic carbocycles. The molecule has 0 saturated heterocycles. The summed E-state index contributed by atoms with van der Waals surface area (Å²) < 4.78 is 22.4. The van der Waals surface area contributed by atoms with Gasteiger partial charge in [-0.3, -0.25) is 9.59 Å². The van der Waals surface area contributed by atoms with Crippen molar-refractivity contribution in [1.29, 1.82) is 0 Å². The molecule has 1 aliphatic rings. The first-order chi connectivity index (χ1) is 18.0. The molecule has 0 unspecified atom stereocenters. The summed E-state index contributed by atoms with van der Waals surface area (Å²) in [7, 11) is 0. The Hall–Kier alpha value is -4.79. The number of carboxylic acids is 1. The van der Waals surface area contributed by atoms with Gasteiger partial charge in [0, 0.05) is 12.5 Å². The number of rotatable bonds is 8. The van der Waals surface area contributed by atoms with Crippen molar-refractivity contribution in [3.8, 4) is 28.4 Å². The van der Waals surface area contributed by atoms with Crippen molar-refractivity contribution in [2.45, 2.75) is 12.5 Å². The minimum atomic E-state index is -1.14. The number of carbonyl (C=O) groups excluding carboxylic acids is 1. The number of fused-ring (bicyclic) bond motifs is 2. The van der Waals surface area contributed by atoms with Crippen molar-refractivity contribution in [2.75, 3.05) is 19.8 Å². The molecule has 1 aromatic heterocycles. The van der Waals surface area contributed by atoms with Crippen molar-refractivity contribution < 1.29 is 33.3 Å². The lowest BCUT2D eigenvalue weighted by Crippen LogP contribution is -2.44. The van der Waals surface area contributed by atoms with E-state index in [1.807, 2.05) is 6.07 Å². The molecule has 4 aromatic rings. The van der Waals surface area contributed by atoms with Gasteiger partial charge >= 0.3 is 5.97 Å². The van der Waals surface area contributed by atoms with Crippen molar-refractivity contribution in [3.05, 3.63) is 88.8 Å². The maximum absolute atomic E-state index is 13.1. The largest absolute Gasteiger partial charge is 0.486 e. The summed E-state index contributed by atoms with van der Waals surface area (Å²) in [6, 6.07) is 17.8. The molecule has 9 nitrogen and oxygen atoms in total. The van der Waals surface area contributed by atoms with Crippen LogP contribution < -0.4 is 25.0 Å². The van der Waals surface area contributed by atoms with Crippen molar-refractivity contribution in [1.82, 2.24) is 5.32 Å². The molecule has 9 heteroatoms. The molecule has 0 bridgehead atoms. The normalized spacial score (nSPS) is 13.1. The first-order valence-corrected chi connectivity index (χ1v) is 11.6. The van der Waals surface area contributed by atoms with Gasteiger partial charge in [0.2, 0.25) is 0 Å². The predicted octanol–water partition coefficient (Wildman–Crippen LogP) is 3.42. The van der Waals surface area contributed by atoms with Gasteiger partial charge in [0.25, 0.3) is 5.91 Å². The number of hydrogen-bond acceptors (Lipinski definition) is 7.